The van der Waals surface area contributed by atoms with E-state index in [1.165, 1.54) is 25.7 Å². The van der Waals surface area contributed by atoms with Crippen LogP contribution in [0.2, 0.25) is 0 Å². The molecule has 3 aliphatic rings. The summed E-state index contributed by atoms with van der Waals surface area (Å²) in [6, 6.07) is 0.846. The molecule has 2 N–H and O–H groups in total. The minimum Gasteiger partial charge on any atom is -0.336 e. The Labute approximate surface area is 96.8 Å². The molecular formula is C12H21N3O. The topological polar surface area (TPSA) is 44.4 Å². The predicted molar refractivity (Wildman–Crippen MR) is 62.2 cm³/mol. The van der Waals surface area contributed by atoms with E-state index in [1.54, 1.807) is 0 Å². The molecule has 16 heavy (non-hydrogen) atoms. The number of carbonyl (C=O) groups is 1. The SMILES string of the molecule is O=C1NCCN1CCNC1CC2CCC1C2. The van der Waals surface area contributed by atoms with Gasteiger partial charge in [0.1, 0.15) is 0 Å². The van der Waals surface area contributed by atoms with E-state index in [4.69, 9.17) is 0 Å². The summed E-state index contributed by atoms with van der Waals surface area (Å²) in [4.78, 5) is 13.2. The van der Waals surface area contributed by atoms with Gasteiger partial charge in [-0.2, -0.15) is 0 Å². The van der Waals surface area contributed by atoms with Crippen LogP contribution in [0.25, 0.3) is 0 Å². The minimum atomic E-state index is 0.106. The smallest absolute Gasteiger partial charge is 0.317 e. The Morgan fingerprint density at radius 2 is 2.31 bits per heavy atom. The molecule has 4 heteroatoms. The number of fused-ring (bicyclic) bond motifs is 2. The van der Waals surface area contributed by atoms with Gasteiger partial charge in [0, 0.05) is 32.2 Å². The highest BCUT2D eigenvalue weighted by Gasteiger charge is 2.39. The molecule has 0 aromatic heterocycles. The van der Waals surface area contributed by atoms with Crippen LogP contribution in [-0.2, 0) is 0 Å². The molecule has 1 aliphatic heterocycles. The second-order valence-electron chi connectivity index (χ2n) is 5.45. The monoisotopic (exact) mass is 223 g/mol. The maximum atomic E-state index is 11.3. The molecule has 2 aliphatic carbocycles. The van der Waals surface area contributed by atoms with Crippen LogP contribution in [0.15, 0.2) is 0 Å². The Bertz CT molecular complexity index is 281. The fraction of sp³-hybridized carbons (Fsp3) is 0.917. The van der Waals surface area contributed by atoms with E-state index in [0.29, 0.717) is 0 Å². The first-order valence-electron chi connectivity index (χ1n) is 6.59. The van der Waals surface area contributed by atoms with Crippen molar-refractivity contribution < 1.29 is 4.79 Å². The lowest BCUT2D eigenvalue weighted by Crippen LogP contribution is -2.40. The number of carbonyl (C=O) groups excluding carboxylic acids is 1. The van der Waals surface area contributed by atoms with Crippen LogP contribution in [0.3, 0.4) is 0 Å². The molecule has 4 nitrogen and oxygen atoms in total. The van der Waals surface area contributed by atoms with Crippen molar-refractivity contribution in [3.8, 4) is 0 Å². The summed E-state index contributed by atoms with van der Waals surface area (Å²) in [5, 5.41) is 6.47. The molecule has 3 fully saturated rings. The van der Waals surface area contributed by atoms with Crippen LogP contribution in [0.5, 0.6) is 0 Å². The molecule has 2 amide bonds. The molecule has 0 spiro atoms. The van der Waals surface area contributed by atoms with Gasteiger partial charge in [0.05, 0.1) is 0 Å². The van der Waals surface area contributed by atoms with Crippen molar-refractivity contribution in [3.63, 3.8) is 0 Å². The normalized spacial score (nSPS) is 37.1. The highest BCUT2D eigenvalue weighted by molar-refractivity contribution is 5.76. The lowest BCUT2D eigenvalue weighted by atomic mass is 9.95. The van der Waals surface area contributed by atoms with Crippen LogP contribution in [0.1, 0.15) is 25.7 Å². The van der Waals surface area contributed by atoms with Crippen LogP contribution < -0.4 is 10.6 Å². The third-order valence-electron chi connectivity index (χ3n) is 4.47. The average molecular weight is 223 g/mol. The lowest BCUT2D eigenvalue weighted by Gasteiger charge is -2.24. The van der Waals surface area contributed by atoms with Crippen molar-refractivity contribution in [2.75, 3.05) is 26.2 Å². The van der Waals surface area contributed by atoms with Crippen molar-refractivity contribution in [3.05, 3.63) is 0 Å². The maximum absolute atomic E-state index is 11.3. The van der Waals surface area contributed by atoms with E-state index in [2.05, 4.69) is 10.6 Å². The maximum Gasteiger partial charge on any atom is 0.317 e. The second kappa shape index (κ2) is 4.24. The van der Waals surface area contributed by atoms with Crippen LogP contribution in [0.4, 0.5) is 4.79 Å². The summed E-state index contributed by atoms with van der Waals surface area (Å²) in [6.07, 6.45) is 5.70. The number of hydrogen-bond acceptors (Lipinski definition) is 2. The molecule has 3 unspecified atom stereocenters. The zero-order valence-electron chi connectivity index (χ0n) is 9.74. The van der Waals surface area contributed by atoms with E-state index in [0.717, 1.165) is 44.1 Å². The van der Waals surface area contributed by atoms with E-state index >= 15 is 0 Å². The van der Waals surface area contributed by atoms with Crippen LogP contribution >= 0.6 is 0 Å². The number of hydrogen-bond donors (Lipinski definition) is 2. The Balaban J connectivity index is 1.39. The van der Waals surface area contributed by atoms with Crippen molar-refractivity contribution in [2.24, 2.45) is 11.8 Å². The molecular weight excluding hydrogens is 202 g/mol. The molecule has 0 aromatic carbocycles. The van der Waals surface area contributed by atoms with Gasteiger partial charge in [0.2, 0.25) is 0 Å². The summed E-state index contributed by atoms with van der Waals surface area (Å²) in [6.45, 7) is 3.51. The summed E-state index contributed by atoms with van der Waals surface area (Å²) in [7, 11) is 0. The van der Waals surface area contributed by atoms with E-state index in [1.807, 2.05) is 4.90 Å². The molecule has 2 saturated carbocycles. The predicted octanol–water partition coefficient (Wildman–Crippen LogP) is 0.790. The van der Waals surface area contributed by atoms with Crippen LogP contribution in [0, 0.1) is 11.8 Å². The summed E-state index contributed by atoms with van der Waals surface area (Å²) in [5.41, 5.74) is 0. The zero-order valence-corrected chi connectivity index (χ0v) is 9.74. The van der Waals surface area contributed by atoms with Gasteiger partial charge in [0.15, 0.2) is 0 Å². The van der Waals surface area contributed by atoms with Crippen LogP contribution in [-0.4, -0.2) is 43.2 Å². The number of urea groups is 1. The Morgan fingerprint density at radius 1 is 1.38 bits per heavy atom. The first-order chi connectivity index (χ1) is 7.83. The van der Waals surface area contributed by atoms with Crippen molar-refractivity contribution >= 4 is 6.03 Å². The first-order valence-corrected chi connectivity index (χ1v) is 6.59. The third-order valence-corrected chi connectivity index (χ3v) is 4.47. The largest absolute Gasteiger partial charge is 0.336 e. The van der Waals surface area contributed by atoms with Gasteiger partial charge in [-0.1, -0.05) is 6.42 Å². The van der Waals surface area contributed by atoms with Crippen molar-refractivity contribution in [1.82, 2.24) is 15.5 Å². The minimum absolute atomic E-state index is 0.106. The van der Waals surface area contributed by atoms with Gasteiger partial charge < -0.3 is 15.5 Å². The molecule has 90 valence electrons. The fourth-order valence-corrected chi connectivity index (χ4v) is 3.60. The standard InChI is InChI=1S/C12H21N3O/c16-12-14-4-6-15(12)5-3-13-11-8-9-1-2-10(11)7-9/h9-11,13H,1-8H2,(H,14,16). The summed E-state index contributed by atoms with van der Waals surface area (Å²) < 4.78 is 0. The van der Waals surface area contributed by atoms with Gasteiger partial charge in [0.25, 0.3) is 0 Å². The fourth-order valence-electron chi connectivity index (χ4n) is 3.60. The summed E-state index contributed by atoms with van der Waals surface area (Å²) in [5.74, 6) is 1.93. The Morgan fingerprint density at radius 3 is 2.94 bits per heavy atom. The molecule has 0 aromatic rings. The van der Waals surface area contributed by atoms with Gasteiger partial charge >= 0.3 is 6.03 Å². The number of amides is 2. The zero-order chi connectivity index (χ0) is 11.0. The van der Waals surface area contributed by atoms with Gasteiger partial charge in [-0.05, 0) is 31.1 Å². The Kier molecular flexibility index (Phi) is 2.75. The lowest BCUT2D eigenvalue weighted by molar-refractivity contribution is 0.215. The number of rotatable bonds is 4. The first kappa shape index (κ1) is 10.4. The van der Waals surface area contributed by atoms with Gasteiger partial charge in [-0.3, -0.25) is 0 Å². The molecule has 2 bridgehead atoms. The highest BCUT2D eigenvalue weighted by Crippen LogP contribution is 2.44. The van der Waals surface area contributed by atoms with Gasteiger partial charge in [-0.15, -0.1) is 0 Å². The Hall–Kier alpha value is -0.770. The summed E-state index contributed by atoms with van der Waals surface area (Å²) >= 11 is 0. The van der Waals surface area contributed by atoms with E-state index in [9.17, 15) is 4.79 Å². The molecule has 3 rings (SSSR count). The second-order valence-corrected chi connectivity index (χ2v) is 5.45. The van der Waals surface area contributed by atoms with E-state index in [-0.39, 0.29) is 6.03 Å². The molecule has 3 atom stereocenters. The van der Waals surface area contributed by atoms with Gasteiger partial charge in [-0.25, -0.2) is 4.79 Å². The third kappa shape index (κ3) is 1.90. The molecule has 1 heterocycles. The van der Waals surface area contributed by atoms with Crippen molar-refractivity contribution in [2.45, 2.75) is 31.7 Å². The molecule has 1 saturated heterocycles. The highest BCUT2D eigenvalue weighted by atomic mass is 16.2. The van der Waals surface area contributed by atoms with Crippen molar-refractivity contribution in [1.29, 1.82) is 0 Å². The molecule has 0 radical (unpaired) electrons. The average Bonchev–Trinajstić information content (AvgIpc) is 2.96. The number of nitrogens with zero attached hydrogens (tertiary/aromatic N) is 1. The number of nitrogens with one attached hydrogen (secondary N) is 2. The van der Waals surface area contributed by atoms with E-state index < -0.39 is 0 Å². The quantitative estimate of drug-likeness (QED) is 0.740.